The monoisotopic (exact) mass is 214 g/mol. The molecule has 1 aromatic heterocycles. The number of ether oxygens (including phenoxy) is 1. The van der Waals surface area contributed by atoms with Crippen LogP contribution in [0, 0.1) is 0 Å². The van der Waals surface area contributed by atoms with Crippen LogP contribution in [0.2, 0.25) is 0 Å². The zero-order valence-corrected chi connectivity index (χ0v) is 7.93. The third-order valence-electron chi connectivity index (χ3n) is 1.33. The minimum atomic E-state index is -0.449. The van der Waals surface area contributed by atoms with E-state index < -0.39 is 5.91 Å². The van der Waals surface area contributed by atoms with Gasteiger partial charge < -0.3 is 16.2 Å². The molecule has 0 spiro atoms. The van der Waals surface area contributed by atoms with E-state index in [0.717, 1.165) is 0 Å². The normalized spacial score (nSPS) is 11.4. The molecule has 1 aromatic rings. The van der Waals surface area contributed by atoms with Gasteiger partial charge in [-0.1, -0.05) is 0 Å². The molecule has 0 unspecified atom stereocenters. The van der Waals surface area contributed by atoms with Crippen LogP contribution in [-0.4, -0.2) is 35.8 Å². The number of aromatic nitrogens is 2. The molecule has 0 aliphatic heterocycles. The number of anilines is 1. The van der Waals surface area contributed by atoms with Crippen molar-refractivity contribution in [2.75, 3.05) is 19.5 Å². The van der Waals surface area contributed by atoms with Crippen LogP contribution in [0.25, 0.3) is 0 Å². The number of hydrogen-bond donors (Lipinski definition) is 3. The molecular formula is C6H10N6O3. The van der Waals surface area contributed by atoms with Gasteiger partial charge in [0.1, 0.15) is 6.61 Å². The van der Waals surface area contributed by atoms with E-state index in [4.69, 9.17) is 11.5 Å². The number of methoxy groups -OCH3 is 1. The van der Waals surface area contributed by atoms with Crippen LogP contribution < -0.4 is 16.9 Å². The Morgan fingerprint density at radius 2 is 2.40 bits per heavy atom. The molecule has 9 nitrogen and oxygen atoms in total. The summed E-state index contributed by atoms with van der Waals surface area (Å²) >= 11 is 0. The molecule has 0 aliphatic carbocycles. The molecule has 1 amide bonds. The topological polar surface area (TPSA) is 142 Å². The molecule has 0 saturated carbocycles. The Balaban J connectivity index is 2.61. The number of carbonyl (C=O) groups excluding carboxylic acids is 1. The molecule has 9 heteroatoms. The third kappa shape index (κ3) is 2.91. The summed E-state index contributed by atoms with van der Waals surface area (Å²) in [4.78, 5) is 10.9. The fourth-order valence-electron chi connectivity index (χ4n) is 0.712. The molecule has 0 bridgehead atoms. The Morgan fingerprint density at radius 3 is 2.93 bits per heavy atom. The molecule has 82 valence electrons. The van der Waals surface area contributed by atoms with Crippen molar-refractivity contribution in [1.29, 1.82) is 0 Å². The highest BCUT2D eigenvalue weighted by Gasteiger charge is 2.10. The molecule has 1 heterocycles. The number of nitrogens with two attached hydrogens (primary N) is 2. The Bertz CT molecular complexity index is 373. The van der Waals surface area contributed by atoms with E-state index in [1.165, 1.54) is 7.11 Å². The van der Waals surface area contributed by atoms with Crippen LogP contribution in [0.3, 0.4) is 0 Å². The van der Waals surface area contributed by atoms with E-state index >= 15 is 0 Å². The first-order valence-electron chi connectivity index (χ1n) is 3.84. The Kier molecular flexibility index (Phi) is 3.57. The van der Waals surface area contributed by atoms with E-state index in [2.05, 4.69) is 30.2 Å². The number of amides is 1. The maximum absolute atomic E-state index is 10.9. The van der Waals surface area contributed by atoms with E-state index in [1.54, 1.807) is 0 Å². The molecule has 0 fully saturated rings. The fraction of sp³-hybridized carbons (Fsp3) is 0.333. The Morgan fingerprint density at radius 1 is 1.67 bits per heavy atom. The van der Waals surface area contributed by atoms with E-state index in [0.29, 0.717) is 0 Å². The van der Waals surface area contributed by atoms with Crippen LogP contribution in [0.1, 0.15) is 5.69 Å². The van der Waals surface area contributed by atoms with Gasteiger partial charge in [-0.3, -0.25) is 4.79 Å². The smallest absolute Gasteiger partial charge is 0.266 e. The lowest BCUT2D eigenvalue weighted by Gasteiger charge is -1.98. The summed E-state index contributed by atoms with van der Waals surface area (Å²) in [6, 6.07) is 0. The number of hydrazone groups is 1. The molecule has 0 aliphatic rings. The van der Waals surface area contributed by atoms with Gasteiger partial charge in [-0.05, 0) is 10.3 Å². The lowest BCUT2D eigenvalue weighted by atomic mass is 10.4. The van der Waals surface area contributed by atoms with Crippen molar-refractivity contribution in [3.05, 3.63) is 5.69 Å². The number of hydrogen-bond acceptors (Lipinski definition) is 7. The van der Waals surface area contributed by atoms with Gasteiger partial charge in [0.2, 0.25) is 0 Å². The molecule has 15 heavy (non-hydrogen) atoms. The van der Waals surface area contributed by atoms with Gasteiger partial charge in [-0.2, -0.15) is 5.10 Å². The van der Waals surface area contributed by atoms with Crippen molar-refractivity contribution in [2.45, 2.75) is 0 Å². The summed E-state index contributed by atoms with van der Waals surface area (Å²) in [7, 11) is 1.38. The van der Waals surface area contributed by atoms with Crippen LogP contribution in [-0.2, 0) is 9.53 Å². The molecule has 0 aromatic carbocycles. The molecule has 0 atom stereocenters. The van der Waals surface area contributed by atoms with Crippen molar-refractivity contribution < 1.29 is 14.2 Å². The Labute approximate surface area is 84.4 Å². The van der Waals surface area contributed by atoms with Crippen LogP contribution in [0.15, 0.2) is 9.73 Å². The van der Waals surface area contributed by atoms with Crippen molar-refractivity contribution in [3.8, 4) is 0 Å². The molecular weight excluding hydrogens is 204 g/mol. The molecule has 0 saturated heterocycles. The standard InChI is InChI=1S/C6H10N6O3/c1-14-2-3(13)9-10-5(7)4-6(8)12-15-11-4/h2H2,1H3,(H2,7,10)(H2,8,12)(H,9,13). The summed E-state index contributed by atoms with van der Waals surface area (Å²) < 4.78 is 8.85. The highest BCUT2D eigenvalue weighted by Crippen LogP contribution is 2.01. The summed E-state index contributed by atoms with van der Waals surface area (Å²) in [5.74, 6) is -0.550. The largest absolute Gasteiger partial charge is 0.380 e. The summed E-state index contributed by atoms with van der Waals surface area (Å²) in [5, 5.41) is 10.2. The van der Waals surface area contributed by atoms with Gasteiger partial charge in [0.15, 0.2) is 17.3 Å². The van der Waals surface area contributed by atoms with Crippen LogP contribution >= 0.6 is 0 Å². The van der Waals surface area contributed by atoms with Gasteiger partial charge in [0.05, 0.1) is 0 Å². The first-order chi connectivity index (χ1) is 7.15. The van der Waals surface area contributed by atoms with Crippen LogP contribution in [0.4, 0.5) is 5.82 Å². The van der Waals surface area contributed by atoms with E-state index in [1.807, 2.05) is 0 Å². The first kappa shape index (κ1) is 10.9. The number of rotatable bonds is 4. The third-order valence-corrected chi connectivity index (χ3v) is 1.33. The summed E-state index contributed by atoms with van der Waals surface area (Å²) in [6.45, 7) is -0.122. The average Bonchev–Trinajstić information content (AvgIpc) is 2.61. The minimum Gasteiger partial charge on any atom is -0.380 e. The zero-order chi connectivity index (χ0) is 11.3. The van der Waals surface area contributed by atoms with Crippen molar-refractivity contribution in [1.82, 2.24) is 15.7 Å². The van der Waals surface area contributed by atoms with Gasteiger partial charge in [-0.15, -0.1) is 0 Å². The fourth-order valence-corrected chi connectivity index (χ4v) is 0.712. The zero-order valence-electron chi connectivity index (χ0n) is 7.93. The summed E-state index contributed by atoms with van der Waals surface area (Å²) in [6.07, 6.45) is 0. The van der Waals surface area contributed by atoms with Crippen molar-refractivity contribution >= 4 is 17.6 Å². The number of nitrogens with zero attached hydrogens (tertiary/aromatic N) is 3. The second-order valence-corrected chi connectivity index (χ2v) is 2.46. The number of nitrogen functional groups attached to an aromatic ring is 1. The second-order valence-electron chi connectivity index (χ2n) is 2.46. The first-order valence-corrected chi connectivity index (χ1v) is 3.84. The SMILES string of the molecule is COCC(=O)N/N=C(\N)c1nonc1N. The van der Waals surface area contributed by atoms with Gasteiger partial charge in [-0.25, -0.2) is 10.1 Å². The lowest BCUT2D eigenvalue weighted by molar-refractivity contribution is -0.124. The summed E-state index contributed by atoms with van der Waals surface area (Å²) in [5.41, 5.74) is 13.0. The second kappa shape index (κ2) is 4.91. The quantitative estimate of drug-likeness (QED) is 0.300. The minimum absolute atomic E-state index is 0.00256. The highest BCUT2D eigenvalue weighted by atomic mass is 16.6. The van der Waals surface area contributed by atoms with Crippen molar-refractivity contribution in [2.24, 2.45) is 10.8 Å². The van der Waals surface area contributed by atoms with Gasteiger partial charge in [0, 0.05) is 7.11 Å². The Hall–Kier alpha value is -2.16. The van der Waals surface area contributed by atoms with Gasteiger partial charge >= 0.3 is 0 Å². The van der Waals surface area contributed by atoms with E-state index in [-0.39, 0.29) is 24.0 Å². The average molecular weight is 214 g/mol. The number of amidine groups is 1. The predicted molar refractivity (Wildman–Crippen MR) is 49.5 cm³/mol. The lowest BCUT2D eigenvalue weighted by Crippen LogP contribution is -2.27. The maximum atomic E-state index is 10.9. The van der Waals surface area contributed by atoms with Crippen LogP contribution in [0.5, 0.6) is 0 Å². The molecule has 1 rings (SSSR count). The maximum Gasteiger partial charge on any atom is 0.266 e. The predicted octanol–water partition coefficient (Wildman–Crippen LogP) is -1.97. The van der Waals surface area contributed by atoms with E-state index in [9.17, 15) is 4.79 Å². The highest BCUT2D eigenvalue weighted by molar-refractivity contribution is 5.99. The number of carbonyl (C=O) groups is 1. The molecule has 5 N–H and O–H groups in total. The molecule has 0 radical (unpaired) electrons. The number of nitrogens with one attached hydrogen (secondary N) is 1. The van der Waals surface area contributed by atoms with Gasteiger partial charge in [0.25, 0.3) is 5.91 Å². The van der Waals surface area contributed by atoms with Crippen molar-refractivity contribution in [3.63, 3.8) is 0 Å².